The first kappa shape index (κ1) is 14.2. The number of Topliss-reactive ketones (excluding diaryl/α,β-unsaturated/α-hetero) is 1. The topological polar surface area (TPSA) is 44.1 Å². The molecular formula is C15H20N2O. The van der Waals surface area contributed by atoms with Gasteiger partial charge >= 0.3 is 0 Å². The number of rotatable bonds is 6. The Kier molecular flexibility index (Phi) is 5.38. The van der Waals surface area contributed by atoms with Crippen molar-refractivity contribution in [2.45, 2.75) is 27.2 Å². The fourth-order valence-corrected chi connectivity index (χ4v) is 1.86. The molecule has 0 N–H and O–H groups in total. The summed E-state index contributed by atoms with van der Waals surface area (Å²) in [5.41, 5.74) is 1.80. The molecule has 0 saturated carbocycles. The number of hydrogen-bond donors (Lipinski definition) is 0. The van der Waals surface area contributed by atoms with Crippen LogP contribution in [0.4, 0.5) is 5.69 Å². The first-order chi connectivity index (χ1) is 8.54. The van der Waals surface area contributed by atoms with E-state index in [4.69, 9.17) is 5.26 Å². The molecule has 1 rings (SSSR count). The fourth-order valence-electron chi connectivity index (χ4n) is 1.86. The zero-order chi connectivity index (χ0) is 13.5. The molecule has 0 amide bonds. The van der Waals surface area contributed by atoms with Gasteiger partial charge in [-0.1, -0.05) is 13.8 Å². The lowest BCUT2D eigenvalue weighted by Crippen LogP contribution is -2.28. The molecule has 0 aliphatic heterocycles. The fraction of sp³-hybridized carbons (Fsp3) is 0.467. The quantitative estimate of drug-likeness (QED) is 0.721. The maximum absolute atomic E-state index is 11.2. The molecule has 3 heteroatoms. The van der Waals surface area contributed by atoms with E-state index in [0.29, 0.717) is 12.3 Å². The van der Waals surface area contributed by atoms with Crippen LogP contribution in [-0.4, -0.2) is 18.9 Å². The highest BCUT2D eigenvalue weighted by Crippen LogP contribution is 2.17. The van der Waals surface area contributed by atoms with Crippen molar-refractivity contribution in [2.75, 3.05) is 18.0 Å². The van der Waals surface area contributed by atoms with Gasteiger partial charge in [0.05, 0.1) is 12.5 Å². The average molecular weight is 244 g/mol. The van der Waals surface area contributed by atoms with Crippen molar-refractivity contribution in [3.63, 3.8) is 0 Å². The van der Waals surface area contributed by atoms with Crippen LogP contribution in [0.25, 0.3) is 0 Å². The minimum atomic E-state index is 0.0778. The smallest absolute Gasteiger partial charge is 0.159 e. The minimum absolute atomic E-state index is 0.0778. The summed E-state index contributed by atoms with van der Waals surface area (Å²) in [7, 11) is 0. The van der Waals surface area contributed by atoms with E-state index < -0.39 is 0 Å². The van der Waals surface area contributed by atoms with Gasteiger partial charge in [-0.05, 0) is 37.1 Å². The first-order valence-corrected chi connectivity index (χ1v) is 6.27. The van der Waals surface area contributed by atoms with E-state index >= 15 is 0 Å². The largest absolute Gasteiger partial charge is 0.370 e. The Morgan fingerprint density at radius 2 is 1.94 bits per heavy atom. The van der Waals surface area contributed by atoms with Gasteiger partial charge in [0.15, 0.2) is 5.78 Å². The van der Waals surface area contributed by atoms with Crippen molar-refractivity contribution in [1.82, 2.24) is 0 Å². The summed E-state index contributed by atoms with van der Waals surface area (Å²) in [6, 6.07) is 9.77. The third kappa shape index (κ3) is 4.21. The standard InChI is InChI=1S/C15H20N2O/c1-12(2)11-17(10-4-9-16)15-7-5-14(6-8-15)13(3)18/h5-8,12H,4,10-11H2,1-3H3. The molecule has 3 nitrogen and oxygen atoms in total. The zero-order valence-electron chi connectivity index (χ0n) is 11.3. The third-order valence-electron chi connectivity index (χ3n) is 2.72. The van der Waals surface area contributed by atoms with Gasteiger partial charge in [0.1, 0.15) is 0 Å². The molecule has 0 aliphatic carbocycles. The van der Waals surface area contributed by atoms with Gasteiger partial charge in [-0.25, -0.2) is 0 Å². The normalized spacial score (nSPS) is 10.2. The number of ketones is 1. The molecule has 0 heterocycles. The van der Waals surface area contributed by atoms with Crippen molar-refractivity contribution in [2.24, 2.45) is 5.92 Å². The molecule has 0 saturated heterocycles. The van der Waals surface area contributed by atoms with Crippen molar-refractivity contribution in [3.8, 4) is 6.07 Å². The monoisotopic (exact) mass is 244 g/mol. The summed E-state index contributed by atoms with van der Waals surface area (Å²) in [6.45, 7) is 7.53. The van der Waals surface area contributed by atoms with Crippen LogP contribution in [0, 0.1) is 17.2 Å². The molecule has 0 bridgehead atoms. The highest BCUT2D eigenvalue weighted by Gasteiger charge is 2.09. The molecule has 0 unspecified atom stereocenters. The number of carbonyl (C=O) groups is 1. The lowest BCUT2D eigenvalue weighted by molar-refractivity contribution is 0.101. The molecule has 0 aromatic heterocycles. The van der Waals surface area contributed by atoms with Gasteiger partial charge in [0.25, 0.3) is 0 Å². The second-order valence-corrected chi connectivity index (χ2v) is 4.85. The second-order valence-electron chi connectivity index (χ2n) is 4.85. The van der Waals surface area contributed by atoms with Crippen molar-refractivity contribution < 1.29 is 4.79 Å². The molecule has 1 aromatic rings. The molecular weight excluding hydrogens is 224 g/mol. The molecule has 1 aromatic carbocycles. The van der Waals surface area contributed by atoms with Crippen LogP contribution in [0.15, 0.2) is 24.3 Å². The SMILES string of the molecule is CC(=O)c1ccc(N(CCC#N)CC(C)C)cc1. The van der Waals surface area contributed by atoms with Gasteiger partial charge in [0, 0.05) is 24.3 Å². The highest BCUT2D eigenvalue weighted by atomic mass is 16.1. The predicted octanol–water partition coefficient (Wildman–Crippen LogP) is 3.27. The maximum Gasteiger partial charge on any atom is 0.159 e. The number of benzene rings is 1. The van der Waals surface area contributed by atoms with E-state index in [1.54, 1.807) is 6.92 Å². The van der Waals surface area contributed by atoms with E-state index in [-0.39, 0.29) is 5.78 Å². The van der Waals surface area contributed by atoms with Crippen molar-refractivity contribution in [3.05, 3.63) is 29.8 Å². The summed E-state index contributed by atoms with van der Waals surface area (Å²) >= 11 is 0. The van der Waals surface area contributed by atoms with Crippen LogP contribution in [0.1, 0.15) is 37.6 Å². The highest BCUT2D eigenvalue weighted by molar-refractivity contribution is 5.94. The molecule has 0 aliphatic rings. The average Bonchev–Trinajstić information content (AvgIpc) is 2.34. The Hall–Kier alpha value is -1.82. The molecule has 0 atom stereocenters. The Morgan fingerprint density at radius 3 is 2.39 bits per heavy atom. The number of hydrogen-bond acceptors (Lipinski definition) is 3. The van der Waals surface area contributed by atoms with E-state index in [9.17, 15) is 4.79 Å². The van der Waals surface area contributed by atoms with E-state index in [1.165, 1.54) is 0 Å². The van der Waals surface area contributed by atoms with E-state index in [1.807, 2.05) is 24.3 Å². The van der Waals surface area contributed by atoms with Gasteiger partial charge in [0.2, 0.25) is 0 Å². The summed E-state index contributed by atoms with van der Waals surface area (Å²) < 4.78 is 0. The number of nitrogens with zero attached hydrogens (tertiary/aromatic N) is 2. The molecule has 0 fully saturated rings. The second kappa shape index (κ2) is 6.80. The van der Waals surface area contributed by atoms with Crippen LogP contribution in [-0.2, 0) is 0 Å². The summed E-state index contributed by atoms with van der Waals surface area (Å²) in [6.07, 6.45) is 0.515. The van der Waals surface area contributed by atoms with Crippen LogP contribution >= 0.6 is 0 Å². The van der Waals surface area contributed by atoms with Crippen LogP contribution in [0.5, 0.6) is 0 Å². The minimum Gasteiger partial charge on any atom is -0.370 e. The number of anilines is 1. The third-order valence-corrected chi connectivity index (χ3v) is 2.72. The van der Waals surface area contributed by atoms with E-state index in [0.717, 1.165) is 24.3 Å². The van der Waals surface area contributed by atoms with E-state index in [2.05, 4.69) is 24.8 Å². The number of carbonyl (C=O) groups excluding carboxylic acids is 1. The Bertz CT molecular complexity index is 429. The maximum atomic E-state index is 11.2. The van der Waals surface area contributed by atoms with Gasteiger partial charge in [-0.3, -0.25) is 4.79 Å². The van der Waals surface area contributed by atoms with Crippen molar-refractivity contribution >= 4 is 11.5 Å². The van der Waals surface area contributed by atoms with Gasteiger partial charge < -0.3 is 4.90 Å². The predicted molar refractivity (Wildman–Crippen MR) is 73.7 cm³/mol. The van der Waals surface area contributed by atoms with Gasteiger partial charge in [-0.2, -0.15) is 5.26 Å². The molecule has 96 valence electrons. The zero-order valence-corrected chi connectivity index (χ0v) is 11.3. The summed E-state index contributed by atoms with van der Waals surface area (Å²) in [4.78, 5) is 13.4. The molecule has 18 heavy (non-hydrogen) atoms. The van der Waals surface area contributed by atoms with Crippen molar-refractivity contribution in [1.29, 1.82) is 5.26 Å². The number of nitriles is 1. The Morgan fingerprint density at radius 1 is 1.33 bits per heavy atom. The lowest BCUT2D eigenvalue weighted by atomic mass is 10.1. The van der Waals surface area contributed by atoms with Crippen LogP contribution < -0.4 is 4.90 Å². The van der Waals surface area contributed by atoms with Crippen LogP contribution in [0.3, 0.4) is 0 Å². The first-order valence-electron chi connectivity index (χ1n) is 6.27. The molecule has 0 spiro atoms. The Balaban J connectivity index is 2.84. The van der Waals surface area contributed by atoms with Gasteiger partial charge in [-0.15, -0.1) is 0 Å². The molecule has 0 radical (unpaired) electrons. The van der Waals surface area contributed by atoms with Crippen LogP contribution in [0.2, 0.25) is 0 Å². The lowest BCUT2D eigenvalue weighted by Gasteiger charge is -2.26. The summed E-state index contributed by atoms with van der Waals surface area (Å²) in [5, 5.41) is 8.69. The summed E-state index contributed by atoms with van der Waals surface area (Å²) in [5.74, 6) is 0.616. The Labute approximate surface area is 109 Å².